The summed E-state index contributed by atoms with van der Waals surface area (Å²) in [5.74, 6) is 0. The lowest BCUT2D eigenvalue weighted by molar-refractivity contribution is 0.565. The Balaban J connectivity index is 2.67. The molecule has 1 aliphatic carbocycles. The van der Waals surface area contributed by atoms with Crippen molar-refractivity contribution in [2.75, 3.05) is 0 Å². The largest absolute Gasteiger partial charge is 0.324 e. The number of benzene rings is 1. The van der Waals surface area contributed by atoms with Crippen molar-refractivity contribution >= 4 is 15.9 Å². The van der Waals surface area contributed by atoms with Crippen LogP contribution in [0.5, 0.6) is 0 Å². The Labute approximate surface area is 93.8 Å². The Kier molecular flexibility index (Phi) is 2.67. The van der Waals surface area contributed by atoms with Crippen LogP contribution in [0.4, 0.5) is 0 Å². The minimum absolute atomic E-state index is 0.245. The number of halogens is 1. The van der Waals surface area contributed by atoms with Crippen molar-refractivity contribution in [2.45, 2.75) is 39.2 Å². The lowest BCUT2D eigenvalue weighted by Gasteiger charge is -2.26. The van der Waals surface area contributed by atoms with Crippen LogP contribution < -0.4 is 5.73 Å². The Morgan fingerprint density at radius 3 is 2.86 bits per heavy atom. The van der Waals surface area contributed by atoms with E-state index in [1.807, 2.05) is 0 Å². The first-order valence-electron chi connectivity index (χ1n) is 5.15. The normalized spacial score (nSPS) is 20.7. The van der Waals surface area contributed by atoms with Gasteiger partial charge in [0, 0.05) is 10.5 Å². The van der Waals surface area contributed by atoms with Gasteiger partial charge in [0.25, 0.3) is 0 Å². The van der Waals surface area contributed by atoms with Gasteiger partial charge in [0.15, 0.2) is 0 Å². The van der Waals surface area contributed by atoms with Crippen molar-refractivity contribution in [3.05, 3.63) is 32.8 Å². The smallest absolute Gasteiger partial charge is 0.0300 e. The number of hydrogen-bond acceptors (Lipinski definition) is 1. The Morgan fingerprint density at radius 1 is 1.43 bits per heavy atom. The van der Waals surface area contributed by atoms with Crippen molar-refractivity contribution < 1.29 is 0 Å². The highest BCUT2D eigenvalue weighted by Crippen LogP contribution is 2.36. The van der Waals surface area contributed by atoms with E-state index in [2.05, 4.69) is 35.8 Å². The molecule has 0 spiro atoms. The summed E-state index contributed by atoms with van der Waals surface area (Å²) in [6, 6.07) is 2.46. The van der Waals surface area contributed by atoms with Gasteiger partial charge < -0.3 is 5.73 Å². The molecule has 0 fully saturated rings. The molecule has 1 nitrogen and oxygen atoms in total. The van der Waals surface area contributed by atoms with Gasteiger partial charge >= 0.3 is 0 Å². The molecule has 0 bridgehead atoms. The molecule has 0 aliphatic heterocycles. The molecule has 1 aromatic carbocycles. The third-order valence-corrected chi connectivity index (χ3v) is 4.04. The van der Waals surface area contributed by atoms with Gasteiger partial charge in [-0.05, 0) is 61.4 Å². The Hall–Kier alpha value is -0.340. The Morgan fingerprint density at radius 2 is 2.14 bits per heavy atom. The predicted molar refractivity (Wildman–Crippen MR) is 63.5 cm³/mol. The highest BCUT2D eigenvalue weighted by Gasteiger charge is 2.21. The maximum absolute atomic E-state index is 6.16. The van der Waals surface area contributed by atoms with E-state index < -0.39 is 0 Å². The summed E-state index contributed by atoms with van der Waals surface area (Å²) in [4.78, 5) is 0. The number of fused-ring (bicyclic) bond motifs is 1. The van der Waals surface area contributed by atoms with Crippen LogP contribution in [0.3, 0.4) is 0 Å². The molecule has 2 rings (SSSR count). The van der Waals surface area contributed by atoms with E-state index in [9.17, 15) is 0 Å². The Bertz CT molecular complexity index is 371. The van der Waals surface area contributed by atoms with Crippen molar-refractivity contribution in [1.29, 1.82) is 0 Å². The number of rotatable bonds is 0. The van der Waals surface area contributed by atoms with Crippen LogP contribution in [0, 0.1) is 13.8 Å². The van der Waals surface area contributed by atoms with E-state index in [1.165, 1.54) is 39.6 Å². The van der Waals surface area contributed by atoms with Crippen molar-refractivity contribution in [1.82, 2.24) is 0 Å². The summed E-state index contributed by atoms with van der Waals surface area (Å²) in [5, 5.41) is 0. The van der Waals surface area contributed by atoms with Gasteiger partial charge in [-0.3, -0.25) is 0 Å². The highest BCUT2D eigenvalue weighted by molar-refractivity contribution is 9.10. The van der Waals surface area contributed by atoms with Crippen LogP contribution in [0.1, 0.15) is 41.1 Å². The second-order valence-corrected chi connectivity index (χ2v) is 5.05. The second kappa shape index (κ2) is 3.67. The van der Waals surface area contributed by atoms with Gasteiger partial charge in [0.05, 0.1) is 0 Å². The minimum atomic E-state index is 0.245. The van der Waals surface area contributed by atoms with Crippen molar-refractivity contribution in [3.63, 3.8) is 0 Å². The van der Waals surface area contributed by atoms with Crippen LogP contribution in [0.25, 0.3) is 0 Å². The molecule has 0 heterocycles. The van der Waals surface area contributed by atoms with E-state index in [1.54, 1.807) is 0 Å². The third-order valence-electron chi connectivity index (χ3n) is 3.22. The fraction of sp³-hybridized carbons (Fsp3) is 0.500. The maximum atomic E-state index is 6.16. The molecule has 0 amide bonds. The fourth-order valence-corrected chi connectivity index (χ4v) is 2.99. The molecular weight excluding hydrogens is 238 g/mol. The van der Waals surface area contributed by atoms with Gasteiger partial charge in [-0.25, -0.2) is 0 Å². The molecule has 2 heteroatoms. The first-order chi connectivity index (χ1) is 6.61. The number of nitrogens with two attached hydrogens (primary N) is 1. The van der Waals surface area contributed by atoms with Gasteiger partial charge in [0.1, 0.15) is 0 Å². The van der Waals surface area contributed by atoms with Gasteiger partial charge in [-0.1, -0.05) is 15.9 Å². The summed E-state index contributed by atoms with van der Waals surface area (Å²) >= 11 is 3.60. The first kappa shape index (κ1) is 10.2. The van der Waals surface area contributed by atoms with E-state index >= 15 is 0 Å². The number of aryl methyl sites for hydroxylation is 1. The molecule has 76 valence electrons. The van der Waals surface area contributed by atoms with E-state index in [4.69, 9.17) is 5.73 Å². The summed E-state index contributed by atoms with van der Waals surface area (Å²) in [6.07, 6.45) is 3.56. The topological polar surface area (TPSA) is 26.0 Å². The molecule has 0 unspecified atom stereocenters. The fourth-order valence-electron chi connectivity index (χ4n) is 2.43. The molecule has 0 aromatic heterocycles. The SMILES string of the molecule is Cc1cc(Br)c(C)c2c1CCC[C@H]2N. The maximum Gasteiger partial charge on any atom is 0.0300 e. The van der Waals surface area contributed by atoms with E-state index in [-0.39, 0.29) is 6.04 Å². The summed E-state index contributed by atoms with van der Waals surface area (Å²) in [6.45, 7) is 4.34. The third kappa shape index (κ3) is 1.51. The van der Waals surface area contributed by atoms with Crippen LogP contribution in [-0.2, 0) is 6.42 Å². The quantitative estimate of drug-likeness (QED) is 0.754. The monoisotopic (exact) mass is 253 g/mol. The average molecular weight is 254 g/mol. The zero-order chi connectivity index (χ0) is 10.3. The van der Waals surface area contributed by atoms with Gasteiger partial charge in [-0.2, -0.15) is 0 Å². The molecule has 2 N–H and O–H groups in total. The summed E-state index contributed by atoms with van der Waals surface area (Å²) in [5.41, 5.74) is 11.8. The second-order valence-electron chi connectivity index (χ2n) is 4.19. The average Bonchev–Trinajstić information content (AvgIpc) is 2.14. The van der Waals surface area contributed by atoms with Crippen LogP contribution in [0.15, 0.2) is 10.5 Å². The molecule has 1 aliphatic rings. The summed E-state index contributed by atoms with van der Waals surface area (Å²) < 4.78 is 1.20. The predicted octanol–water partition coefficient (Wildman–Crippen LogP) is 3.40. The van der Waals surface area contributed by atoms with Crippen molar-refractivity contribution in [3.8, 4) is 0 Å². The molecule has 0 radical (unpaired) electrons. The minimum Gasteiger partial charge on any atom is -0.324 e. The van der Waals surface area contributed by atoms with Crippen molar-refractivity contribution in [2.24, 2.45) is 5.73 Å². The summed E-state index contributed by atoms with van der Waals surface area (Å²) in [7, 11) is 0. The van der Waals surface area contributed by atoms with Crippen LogP contribution in [-0.4, -0.2) is 0 Å². The molecule has 1 aromatic rings. The van der Waals surface area contributed by atoms with Gasteiger partial charge in [0.2, 0.25) is 0 Å². The van der Waals surface area contributed by atoms with Crippen LogP contribution >= 0.6 is 15.9 Å². The molecule has 0 saturated carbocycles. The molecule has 1 atom stereocenters. The highest BCUT2D eigenvalue weighted by atomic mass is 79.9. The van der Waals surface area contributed by atoms with Crippen LogP contribution in [0.2, 0.25) is 0 Å². The van der Waals surface area contributed by atoms with E-state index in [0.717, 1.165) is 6.42 Å². The number of hydrogen-bond donors (Lipinski definition) is 1. The molecule has 14 heavy (non-hydrogen) atoms. The zero-order valence-corrected chi connectivity index (χ0v) is 10.3. The first-order valence-corrected chi connectivity index (χ1v) is 5.94. The zero-order valence-electron chi connectivity index (χ0n) is 8.73. The van der Waals surface area contributed by atoms with E-state index in [0.29, 0.717) is 0 Å². The standard InChI is InChI=1S/C12H16BrN/c1-7-6-10(13)8(2)12-9(7)4-3-5-11(12)14/h6,11H,3-5,14H2,1-2H3/t11-/m1/s1. The lowest BCUT2D eigenvalue weighted by Crippen LogP contribution is -2.20. The van der Waals surface area contributed by atoms with Gasteiger partial charge in [-0.15, -0.1) is 0 Å². The lowest BCUT2D eigenvalue weighted by atomic mass is 9.83. The molecular formula is C12H16BrN. The molecule has 0 saturated heterocycles.